The van der Waals surface area contributed by atoms with Gasteiger partial charge in [0.1, 0.15) is 12.6 Å². The molecule has 2 atom stereocenters. The Morgan fingerprint density at radius 2 is 1.62 bits per heavy atom. The lowest BCUT2D eigenvalue weighted by atomic mass is 9.98. The molecule has 9 heteroatoms. The van der Waals surface area contributed by atoms with Crippen molar-refractivity contribution in [3.63, 3.8) is 0 Å². The number of hydrogen-bond donors (Lipinski definition) is 3. The third-order valence-electron chi connectivity index (χ3n) is 5.80. The number of alkyl halides is 2. The fraction of sp³-hybridized carbons (Fsp3) is 0.400. The molecule has 0 saturated heterocycles. The summed E-state index contributed by atoms with van der Waals surface area (Å²) < 4.78 is 30.4. The number of carbonyl (C=O) groups excluding carboxylic acids is 2. The highest BCUT2D eigenvalue weighted by Crippen LogP contribution is 2.44. The minimum atomic E-state index is -2.49. The number of ether oxygens (including phenoxy) is 1. The second-order valence-corrected chi connectivity index (χ2v) is 8.43. The van der Waals surface area contributed by atoms with Crippen molar-refractivity contribution >= 4 is 18.0 Å². The van der Waals surface area contributed by atoms with Crippen LogP contribution in [-0.2, 0) is 14.3 Å². The van der Waals surface area contributed by atoms with E-state index in [4.69, 9.17) is 9.84 Å². The first-order valence-corrected chi connectivity index (χ1v) is 11.2. The Balaban J connectivity index is 1.61. The van der Waals surface area contributed by atoms with Crippen LogP contribution in [0.3, 0.4) is 0 Å². The van der Waals surface area contributed by atoms with Crippen LogP contribution in [0.5, 0.6) is 0 Å². The fourth-order valence-corrected chi connectivity index (χ4v) is 4.10. The van der Waals surface area contributed by atoms with E-state index in [9.17, 15) is 23.2 Å². The Kier molecular flexibility index (Phi) is 8.56. The molecular weight excluding hydrogens is 446 g/mol. The molecule has 182 valence electrons. The monoisotopic (exact) mass is 474 g/mol. The van der Waals surface area contributed by atoms with Crippen molar-refractivity contribution in [2.75, 3.05) is 13.2 Å². The molecule has 2 amide bonds. The number of alkyl carbamates (subject to hydrolysis) is 1. The van der Waals surface area contributed by atoms with Crippen LogP contribution in [0.15, 0.2) is 48.5 Å². The van der Waals surface area contributed by atoms with Crippen LogP contribution in [0.2, 0.25) is 0 Å². The van der Waals surface area contributed by atoms with Crippen molar-refractivity contribution in [3.8, 4) is 11.1 Å². The number of amides is 2. The first kappa shape index (κ1) is 25.1. The third-order valence-corrected chi connectivity index (χ3v) is 5.80. The minimum Gasteiger partial charge on any atom is -0.481 e. The number of carboxylic acid groups (broad SMARTS) is 1. The average Bonchev–Trinajstić information content (AvgIpc) is 3.12. The van der Waals surface area contributed by atoms with Gasteiger partial charge in [-0.1, -0.05) is 55.5 Å². The van der Waals surface area contributed by atoms with Gasteiger partial charge >= 0.3 is 12.1 Å². The van der Waals surface area contributed by atoms with Crippen LogP contribution >= 0.6 is 0 Å². The lowest BCUT2D eigenvalue weighted by molar-refractivity contribution is -0.137. The Bertz CT molecular complexity index is 984. The van der Waals surface area contributed by atoms with Crippen molar-refractivity contribution in [1.29, 1.82) is 0 Å². The summed E-state index contributed by atoms with van der Waals surface area (Å²) in [4.78, 5) is 36.0. The van der Waals surface area contributed by atoms with Gasteiger partial charge in [-0.3, -0.25) is 9.59 Å². The molecule has 1 aliphatic carbocycles. The zero-order valence-electron chi connectivity index (χ0n) is 18.8. The molecule has 0 spiro atoms. The fourth-order valence-electron chi connectivity index (χ4n) is 4.10. The number of rotatable bonds is 11. The molecule has 0 saturated carbocycles. The van der Waals surface area contributed by atoms with Crippen LogP contribution in [0.1, 0.15) is 43.2 Å². The molecule has 2 aromatic rings. The second-order valence-electron chi connectivity index (χ2n) is 8.43. The number of nitrogens with one attached hydrogen (secondary N) is 2. The molecule has 0 fully saturated rings. The smallest absolute Gasteiger partial charge is 0.407 e. The lowest BCUT2D eigenvalue weighted by Crippen LogP contribution is -2.48. The molecule has 2 aromatic carbocycles. The summed E-state index contributed by atoms with van der Waals surface area (Å²) in [6, 6.07) is 14.5. The summed E-state index contributed by atoms with van der Waals surface area (Å²) in [6.07, 6.45) is -4.23. The van der Waals surface area contributed by atoms with Crippen molar-refractivity contribution in [3.05, 3.63) is 59.7 Å². The molecule has 0 aliphatic heterocycles. The maximum atomic E-state index is 12.5. The van der Waals surface area contributed by atoms with Gasteiger partial charge in [-0.05, 0) is 34.6 Å². The van der Waals surface area contributed by atoms with Gasteiger partial charge in [-0.15, -0.1) is 0 Å². The molecule has 3 rings (SSSR count). The first-order chi connectivity index (χ1) is 16.3. The van der Waals surface area contributed by atoms with Crippen LogP contribution in [-0.4, -0.2) is 48.7 Å². The SMILES string of the molecule is CC(CNC(=O)C(CCC(=O)O)NC(=O)OCC1c2ccccc2-c2ccccc21)CC(F)F. The van der Waals surface area contributed by atoms with E-state index < -0.39 is 36.4 Å². The molecule has 34 heavy (non-hydrogen) atoms. The summed E-state index contributed by atoms with van der Waals surface area (Å²) in [6.45, 7) is 1.59. The third kappa shape index (κ3) is 6.52. The molecule has 0 aromatic heterocycles. The topological polar surface area (TPSA) is 105 Å². The van der Waals surface area contributed by atoms with Crippen LogP contribution in [0.4, 0.5) is 13.6 Å². The number of aliphatic carboxylic acids is 1. The largest absolute Gasteiger partial charge is 0.481 e. The Labute approximate surface area is 196 Å². The normalized spacial score (nSPS) is 14.1. The van der Waals surface area contributed by atoms with E-state index in [-0.39, 0.29) is 38.3 Å². The van der Waals surface area contributed by atoms with E-state index in [0.29, 0.717) is 0 Å². The predicted octanol–water partition coefficient (Wildman–Crippen LogP) is 4.17. The Morgan fingerprint density at radius 3 is 2.18 bits per heavy atom. The highest BCUT2D eigenvalue weighted by atomic mass is 19.3. The maximum absolute atomic E-state index is 12.5. The number of hydrogen-bond acceptors (Lipinski definition) is 4. The average molecular weight is 475 g/mol. The molecule has 0 radical (unpaired) electrons. The number of halogens is 2. The van der Waals surface area contributed by atoms with Crippen LogP contribution in [0.25, 0.3) is 11.1 Å². The molecule has 7 nitrogen and oxygen atoms in total. The number of fused-ring (bicyclic) bond motifs is 3. The summed E-state index contributed by atoms with van der Waals surface area (Å²) in [5, 5.41) is 13.9. The minimum absolute atomic E-state index is 0.0148. The van der Waals surface area contributed by atoms with Crippen LogP contribution in [0, 0.1) is 5.92 Å². The number of benzene rings is 2. The van der Waals surface area contributed by atoms with Gasteiger partial charge in [0.25, 0.3) is 0 Å². The standard InChI is InChI=1S/C25H28F2N2O5/c1-15(12-22(26)27)13-28-24(32)21(10-11-23(30)31)29-25(33)34-14-20-18-8-4-2-6-16(18)17-7-3-5-9-19(17)20/h2-9,15,20-22H,10-14H2,1H3,(H,28,32)(H,29,33)(H,30,31). The van der Waals surface area contributed by atoms with Gasteiger partial charge in [0.05, 0.1) is 0 Å². The second kappa shape index (κ2) is 11.6. The number of carboxylic acids is 1. The van der Waals surface area contributed by atoms with E-state index in [1.54, 1.807) is 6.92 Å². The van der Waals surface area contributed by atoms with Crippen molar-refractivity contribution in [2.24, 2.45) is 5.92 Å². The van der Waals surface area contributed by atoms with E-state index in [1.165, 1.54) is 0 Å². The van der Waals surface area contributed by atoms with E-state index >= 15 is 0 Å². The highest BCUT2D eigenvalue weighted by molar-refractivity contribution is 5.86. The summed E-state index contributed by atoms with van der Waals surface area (Å²) in [5.41, 5.74) is 4.21. The van der Waals surface area contributed by atoms with E-state index in [1.807, 2.05) is 48.5 Å². The van der Waals surface area contributed by atoms with Gasteiger partial charge in [0.2, 0.25) is 12.3 Å². The van der Waals surface area contributed by atoms with Gasteiger partial charge in [0, 0.05) is 25.3 Å². The van der Waals surface area contributed by atoms with Gasteiger partial charge < -0.3 is 20.5 Å². The van der Waals surface area contributed by atoms with E-state index in [0.717, 1.165) is 22.3 Å². The van der Waals surface area contributed by atoms with Gasteiger partial charge in [-0.25, -0.2) is 13.6 Å². The molecule has 3 N–H and O–H groups in total. The zero-order valence-corrected chi connectivity index (χ0v) is 18.8. The molecule has 0 bridgehead atoms. The maximum Gasteiger partial charge on any atom is 0.407 e. The highest BCUT2D eigenvalue weighted by Gasteiger charge is 2.30. The van der Waals surface area contributed by atoms with Gasteiger partial charge in [-0.2, -0.15) is 0 Å². The quantitative estimate of drug-likeness (QED) is 0.454. The van der Waals surface area contributed by atoms with Crippen molar-refractivity contribution in [2.45, 2.75) is 44.6 Å². The molecule has 2 unspecified atom stereocenters. The van der Waals surface area contributed by atoms with Gasteiger partial charge in [0.15, 0.2) is 0 Å². The Hall–Kier alpha value is -3.49. The van der Waals surface area contributed by atoms with Crippen molar-refractivity contribution in [1.82, 2.24) is 10.6 Å². The zero-order chi connectivity index (χ0) is 24.7. The molecule has 1 aliphatic rings. The summed E-state index contributed by atoms with van der Waals surface area (Å²) in [5.74, 6) is -2.41. The van der Waals surface area contributed by atoms with Crippen LogP contribution < -0.4 is 10.6 Å². The lowest BCUT2D eigenvalue weighted by Gasteiger charge is -2.20. The predicted molar refractivity (Wildman–Crippen MR) is 122 cm³/mol. The first-order valence-electron chi connectivity index (χ1n) is 11.2. The summed E-state index contributed by atoms with van der Waals surface area (Å²) in [7, 11) is 0. The number of carbonyl (C=O) groups is 3. The van der Waals surface area contributed by atoms with E-state index in [2.05, 4.69) is 10.6 Å². The molecule has 0 heterocycles. The molecular formula is C25H28F2N2O5. The van der Waals surface area contributed by atoms with Crippen molar-refractivity contribution < 1.29 is 33.0 Å². The Morgan fingerprint density at radius 1 is 1.03 bits per heavy atom. The summed E-state index contributed by atoms with van der Waals surface area (Å²) >= 11 is 0.